The second kappa shape index (κ2) is 11.8. The third kappa shape index (κ3) is 4.68. The van der Waals surface area contributed by atoms with Gasteiger partial charge in [0.25, 0.3) is 0 Å². The molecule has 0 aliphatic heterocycles. The quantitative estimate of drug-likeness (QED) is 0.172. The number of fused-ring (bicyclic) bond motifs is 9. The standard InChI is InChI=1S/C50H33NS2/c1-50(44-16-8-5-13-38(44)39-14-6-9-17-45(39)50)34-21-28-47-43(29-34)42-27-25-37(31-49(42)53-47)51(35-22-19-33(20-23-35)32-11-3-2-4-12-32)36-24-26-41-40-15-7-10-18-46(40)52-48(41)30-36/h2-31H,1H3. The molecule has 0 fully saturated rings. The van der Waals surface area contributed by atoms with Crippen LogP contribution in [-0.4, -0.2) is 0 Å². The number of anilines is 3. The third-order valence-electron chi connectivity index (χ3n) is 11.4. The van der Waals surface area contributed by atoms with Crippen molar-refractivity contribution < 1.29 is 0 Å². The Labute approximate surface area is 316 Å². The van der Waals surface area contributed by atoms with Crippen LogP contribution in [0.4, 0.5) is 17.1 Å². The van der Waals surface area contributed by atoms with Gasteiger partial charge in [0, 0.05) is 62.8 Å². The normalized spacial score (nSPS) is 13.2. The molecule has 1 aliphatic rings. The molecule has 53 heavy (non-hydrogen) atoms. The van der Waals surface area contributed by atoms with Crippen LogP contribution >= 0.6 is 22.7 Å². The van der Waals surface area contributed by atoms with Crippen LogP contribution in [0.5, 0.6) is 0 Å². The van der Waals surface area contributed by atoms with E-state index < -0.39 is 0 Å². The fourth-order valence-corrected chi connectivity index (χ4v) is 11.0. The fourth-order valence-electron chi connectivity index (χ4n) is 8.71. The maximum Gasteiger partial charge on any atom is 0.0476 e. The van der Waals surface area contributed by atoms with Gasteiger partial charge in [-0.15, -0.1) is 22.7 Å². The first-order valence-electron chi connectivity index (χ1n) is 18.2. The maximum atomic E-state index is 2.46. The highest BCUT2D eigenvalue weighted by atomic mass is 32.1. The molecule has 0 bridgehead atoms. The highest BCUT2D eigenvalue weighted by Gasteiger charge is 2.40. The van der Waals surface area contributed by atoms with Gasteiger partial charge in [-0.1, -0.05) is 127 Å². The van der Waals surface area contributed by atoms with Crippen molar-refractivity contribution in [1.29, 1.82) is 0 Å². The summed E-state index contributed by atoms with van der Waals surface area (Å²) < 4.78 is 5.23. The Bertz CT molecular complexity index is 2980. The van der Waals surface area contributed by atoms with Crippen molar-refractivity contribution in [3.8, 4) is 22.3 Å². The lowest BCUT2D eigenvalue weighted by Gasteiger charge is -2.28. The molecule has 250 valence electrons. The van der Waals surface area contributed by atoms with E-state index in [0.29, 0.717) is 0 Å². The van der Waals surface area contributed by atoms with Gasteiger partial charge < -0.3 is 4.90 Å². The number of hydrogen-bond acceptors (Lipinski definition) is 3. The summed E-state index contributed by atoms with van der Waals surface area (Å²) in [7, 11) is 0. The molecule has 0 radical (unpaired) electrons. The SMILES string of the molecule is CC1(c2ccc3sc4cc(N(c5ccc(-c6ccccc6)cc5)c5ccc6c(c5)sc5ccccc56)ccc4c3c2)c2ccccc2-c2ccccc21. The summed E-state index contributed by atoms with van der Waals surface area (Å²) in [6, 6.07) is 67.4. The molecule has 1 aliphatic carbocycles. The topological polar surface area (TPSA) is 3.24 Å². The Morgan fingerprint density at radius 2 is 0.887 bits per heavy atom. The zero-order chi connectivity index (χ0) is 35.1. The van der Waals surface area contributed by atoms with Crippen LogP contribution in [0, 0.1) is 0 Å². The minimum Gasteiger partial charge on any atom is -0.310 e. The van der Waals surface area contributed by atoms with Gasteiger partial charge in [0.2, 0.25) is 0 Å². The van der Waals surface area contributed by atoms with E-state index in [4.69, 9.17) is 0 Å². The van der Waals surface area contributed by atoms with Crippen molar-refractivity contribution in [2.45, 2.75) is 12.3 Å². The summed E-state index contributed by atoms with van der Waals surface area (Å²) in [5.74, 6) is 0. The number of thiophene rings is 2. The van der Waals surface area contributed by atoms with Crippen LogP contribution in [0.25, 0.3) is 62.6 Å². The van der Waals surface area contributed by atoms with Crippen molar-refractivity contribution in [2.75, 3.05) is 4.90 Å². The van der Waals surface area contributed by atoms with Gasteiger partial charge in [-0.25, -0.2) is 0 Å². The third-order valence-corrected chi connectivity index (χ3v) is 13.6. The second-order valence-corrected chi connectivity index (χ2v) is 16.4. The average Bonchev–Trinajstić information content (AvgIpc) is 3.86. The molecule has 0 amide bonds. The minimum absolute atomic E-state index is 0.219. The lowest BCUT2D eigenvalue weighted by Crippen LogP contribution is -2.22. The zero-order valence-electron chi connectivity index (χ0n) is 29.1. The van der Waals surface area contributed by atoms with Gasteiger partial charge in [-0.3, -0.25) is 0 Å². The van der Waals surface area contributed by atoms with Crippen LogP contribution in [0.2, 0.25) is 0 Å². The monoisotopic (exact) mass is 711 g/mol. The molecule has 1 nitrogen and oxygen atoms in total. The molecule has 0 N–H and O–H groups in total. The predicted molar refractivity (Wildman–Crippen MR) is 230 cm³/mol. The molecular weight excluding hydrogens is 679 g/mol. The van der Waals surface area contributed by atoms with Crippen molar-refractivity contribution in [1.82, 2.24) is 0 Å². The molecule has 0 spiro atoms. The van der Waals surface area contributed by atoms with E-state index in [1.807, 2.05) is 22.7 Å². The number of rotatable bonds is 5. The Hall–Kier alpha value is -6.00. The first kappa shape index (κ1) is 30.6. The van der Waals surface area contributed by atoms with Crippen molar-refractivity contribution in [3.63, 3.8) is 0 Å². The van der Waals surface area contributed by atoms with Gasteiger partial charge in [-0.05, 0) is 100 Å². The molecule has 2 heterocycles. The predicted octanol–water partition coefficient (Wildman–Crippen LogP) is 14.9. The molecule has 10 aromatic rings. The molecule has 0 atom stereocenters. The first-order valence-corrected chi connectivity index (χ1v) is 19.8. The Morgan fingerprint density at radius 3 is 1.57 bits per heavy atom. The first-order chi connectivity index (χ1) is 26.1. The summed E-state index contributed by atoms with van der Waals surface area (Å²) in [4.78, 5) is 2.42. The van der Waals surface area contributed by atoms with Crippen LogP contribution in [-0.2, 0) is 5.41 Å². The van der Waals surface area contributed by atoms with E-state index >= 15 is 0 Å². The molecule has 11 rings (SSSR count). The average molecular weight is 712 g/mol. The van der Waals surface area contributed by atoms with Gasteiger partial charge in [0.05, 0.1) is 0 Å². The van der Waals surface area contributed by atoms with E-state index in [9.17, 15) is 0 Å². The van der Waals surface area contributed by atoms with Crippen LogP contribution < -0.4 is 4.90 Å². The van der Waals surface area contributed by atoms with E-state index in [-0.39, 0.29) is 5.41 Å². The van der Waals surface area contributed by atoms with E-state index in [0.717, 1.165) is 17.1 Å². The molecule has 8 aromatic carbocycles. The zero-order valence-corrected chi connectivity index (χ0v) is 30.7. The molecule has 0 saturated heterocycles. The van der Waals surface area contributed by atoms with Gasteiger partial charge >= 0.3 is 0 Å². The van der Waals surface area contributed by atoms with Crippen molar-refractivity contribution in [2.24, 2.45) is 0 Å². The van der Waals surface area contributed by atoms with E-state index in [2.05, 4.69) is 194 Å². The summed E-state index contributed by atoms with van der Waals surface area (Å²) in [6.07, 6.45) is 0. The lowest BCUT2D eigenvalue weighted by molar-refractivity contribution is 0.715. The summed E-state index contributed by atoms with van der Waals surface area (Å²) in [6.45, 7) is 2.40. The minimum atomic E-state index is -0.219. The molecular formula is C50H33NS2. The maximum absolute atomic E-state index is 2.46. The number of hydrogen-bond donors (Lipinski definition) is 0. The second-order valence-electron chi connectivity index (χ2n) is 14.2. The smallest absolute Gasteiger partial charge is 0.0476 e. The Balaban J connectivity index is 1.05. The van der Waals surface area contributed by atoms with Gasteiger partial charge in [0.15, 0.2) is 0 Å². The summed E-state index contributed by atoms with van der Waals surface area (Å²) in [5, 5.41) is 5.26. The van der Waals surface area contributed by atoms with Crippen LogP contribution in [0.15, 0.2) is 182 Å². The van der Waals surface area contributed by atoms with Crippen LogP contribution in [0.1, 0.15) is 23.6 Å². The highest BCUT2D eigenvalue weighted by molar-refractivity contribution is 7.26. The summed E-state index contributed by atoms with van der Waals surface area (Å²) in [5.41, 5.74) is 12.5. The highest BCUT2D eigenvalue weighted by Crippen LogP contribution is 2.53. The molecule has 0 unspecified atom stereocenters. The molecule has 2 aromatic heterocycles. The van der Waals surface area contributed by atoms with Gasteiger partial charge in [-0.2, -0.15) is 0 Å². The Kier molecular flexibility index (Phi) is 6.79. The van der Waals surface area contributed by atoms with E-state index in [1.54, 1.807) is 0 Å². The van der Waals surface area contributed by atoms with Crippen LogP contribution in [0.3, 0.4) is 0 Å². The lowest BCUT2D eigenvalue weighted by atomic mass is 9.74. The molecule has 3 heteroatoms. The van der Waals surface area contributed by atoms with Crippen molar-refractivity contribution in [3.05, 3.63) is 199 Å². The Morgan fingerprint density at radius 1 is 0.377 bits per heavy atom. The molecule has 0 saturated carbocycles. The number of nitrogens with zero attached hydrogens (tertiary/aromatic N) is 1. The van der Waals surface area contributed by atoms with Gasteiger partial charge in [0.1, 0.15) is 0 Å². The summed E-state index contributed by atoms with van der Waals surface area (Å²) >= 11 is 3.75. The van der Waals surface area contributed by atoms with Crippen molar-refractivity contribution >= 4 is 80.1 Å². The largest absolute Gasteiger partial charge is 0.310 e. The number of benzene rings is 8. The fraction of sp³-hybridized carbons (Fsp3) is 0.0400. The van der Waals surface area contributed by atoms with E-state index in [1.165, 1.54) is 79.3 Å².